The molecule has 0 spiro atoms. The van der Waals surface area contributed by atoms with Gasteiger partial charge in [-0.3, -0.25) is 0 Å². The Bertz CT molecular complexity index is 352. The lowest BCUT2D eigenvalue weighted by molar-refractivity contribution is 0.284. The molecule has 1 heterocycles. The molecule has 1 aliphatic rings. The van der Waals surface area contributed by atoms with E-state index in [0.29, 0.717) is 0 Å². The van der Waals surface area contributed by atoms with Gasteiger partial charge in [-0.15, -0.1) is 0 Å². The molecule has 0 fully saturated rings. The molecule has 15 heavy (non-hydrogen) atoms. The van der Waals surface area contributed by atoms with Gasteiger partial charge < -0.3 is 4.74 Å². The Hall–Kier alpha value is -1.24. The normalized spacial score (nSPS) is 16.5. The molecule has 0 amide bonds. The van der Waals surface area contributed by atoms with Crippen LogP contribution in [-0.2, 0) is 11.3 Å². The molecule has 0 aliphatic carbocycles. The van der Waals surface area contributed by atoms with Gasteiger partial charge in [0.05, 0.1) is 0 Å². The van der Waals surface area contributed by atoms with E-state index in [1.807, 2.05) is 0 Å². The average Bonchev–Trinajstić information content (AvgIpc) is 2.68. The van der Waals surface area contributed by atoms with Gasteiger partial charge in [-0.25, -0.2) is 0 Å². The highest BCUT2D eigenvalue weighted by Gasteiger charge is 2.15. The van der Waals surface area contributed by atoms with Gasteiger partial charge in [-0.05, 0) is 18.9 Å². The van der Waals surface area contributed by atoms with Crippen molar-refractivity contribution in [3.8, 4) is 0 Å². The second kappa shape index (κ2) is 5.01. The first-order valence-corrected chi connectivity index (χ1v) is 5.83. The fourth-order valence-electron chi connectivity index (χ4n) is 1.92. The van der Waals surface area contributed by atoms with Gasteiger partial charge in [0.25, 0.3) is 0 Å². The summed E-state index contributed by atoms with van der Waals surface area (Å²) in [6.45, 7) is 2.98. The lowest BCUT2D eigenvalue weighted by Crippen LogP contribution is -1.80. The Morgan fingerprint density at radius 3 is 3.00 bits per heavy atom. The minimum absolute atomic E-state index is 0.746. The molecular weight excluding hydrogens is 184 g/mol. The molecule has 1 aromatic rings. The minimum atomic E-state index is 0.746. The second-order valence-electron chi connectivity index (χ2n) is 4.01. The molecule has 1 aliphatic heterocycles. The van der Waals surface area contributed by atoms with Crippen LogP contribution < -0.4 is 0 Å². The standard InChI is InChI=1S/C14H18O/c1-2-3-4-5-10-14-13-9-7-6-8-12(13)11-15-14/h6-10H,2-5,11H2,1H3/b14-10+. The van der Waals surface area contributed by atoms with Gasteiger partial charge >= 0.3 is 0 Å². The molecule has 0 unspecified atom stereocenters. The zero-order chi connectivity index (χ0) is 10.5. The second-order valence-corrected chi connectivity index (χ2v) is 4.01. The minimum Gasteiger partial charge on any atom is -0.489 e. The van der Waals surface area contributed by atoms with Crippen LogP contribution in [0.5, 0.6) is 0 Å². The summed E-state index contributed by atoms with van der Waals surface area (Å²) in [4.78, 5) is 0. The summed E-state index contributed by atoms with van der Waals surface area (Å²) >= 11 is 0. The van der Waals surface area contributed by atoms with Crippen molar-refractivity contribution in [1.82, 2.24) is 0 Å². The van der Waals surface area contributed by atoms with Crippen LogP contribution in [-0.4, -0.2) is 0 Å². The van der Waals surface area contributed by atoms with Crippen molar-refractivity contribution in [3.63, 3.8) is 0 Å². The maximum Gasteiger partial charge on any atom is 0.123 e. The van der Waals surface area contributed by atoms with Crippen molar-refractivity contribution >= 4 is 5.76 Å². The summed E-state index contributed by atoms with van der Waals surface area (Å²) in [5, 5.41) is 0. The molecule has 0 bridgehead atoms. The monoisotopic (exact) mass is 202 g/mol. The van der Waals surface area contributed by atoms with E-state index < -0.39 is 0 Å². The number of fused-ring (bicyclic) bond motifs is 1. The zero-order valence-corrected chi connectivity index (χ0v) is 9.33. The Kier molecular flexibility index (Phi) is 3.44. The number of unbranched alkanes of at least 4 members (excludes halogenated alkanes) is 3. The Morgan fingerprint density at radius 2 is 2.13 bits per heavy atom. The Morgan fingerprint density at radius 1 is 1.27 bits per heavy atom. The van der Waals surface area contributed by atoms with Crippen molar-refractivity contribution in [3.05, 3.63) is 41.5 Å². The van der Waals surface area contributed by atoms with E-state index in [2.05, 4.69) is 37.3 Å². The summed E-state index contributed by atoms with van der Waals surface area (Å²) < 4.78 is 5.66. The van der Waals surface area contributed by atoms with E-state index in [9.17, 15) is 0 Å². The topological polar surface area (TPSA) is 9.23 Å². The van der Waals surface area contributed by atoms with Crippen molar-refractivity contribution < 1.29 is 4.74 Å². The van der Waals surface area contributed by atoms with Gasteiger partial charge in [0.15, 0.2) is 0 Å². The number of hydrogen-bond acceptors (Lipinski definition) is 1. The molecule has 0 aromatic heterocycles. The van der Waals surface area contributed by atoms with Crippen LogP contribution in [0.1, 0.15) is 43.7 Å². The smallest absolute Gasteiger partial charge is 0.123 e. The van der Waals surface area contributed by atoms with Crippen LogP contribution >= 0.6 is 0 Å². The van der Waals surface area contributed by atoms with Crippen LogP contribution in [0.15, 0.2) is 30.3 Å². The molecule has 1 heteroatoms. The summed E-state index contributed by atoms with van der Waals surface area (Å²) in [6, 6.07) is 8.44. The summed E-state index contributed by atoms with van der Waals surface area (Å²) in [5.74, 6) is 1.08. The molecule has 1 aromatic carbocycles. The van der Waals surface area contributed by atoms with Crippen LogP contribution in [0.4, 0.5) is 0 Å². The molecule has 0 radical (unpaired) electrons. The summed E-state index contributed by atoms with van der Waals surface area (Å²) in [6.07, 6.45) is 7.23. The van der Waals surface area contributed by atoms with Crippen molar-refractivity contribution in [2.24, 2.45) is 0 Å². The third-order valence-electron chi connectivity index (χ3n) is 2.80. The van der Waals surface area contributed by atoms with Crippen LogP contribution in [0, 0.1) is 0 Å². The first-order chi connectivity index (χ1) is 7.42. The number of ether oxygens (including phenoxy) is 1. The van der Waals surface area contributed by atoms with Gasteiger partial charge in [0.1, 0.15) is 12.4 Å². The highest BCUT2D eigenvalue weighted by Crippen LogP contribution is 2.29. The molecule has 0 saturated carbocycles. The fourth-order valence-corrected chi connectivity index (χ4v) is 1.92. The maximum atomic E-state index is 5.66. The first kappa shape index (κ1) is 10.3. The average molecular weight is 202 g/mol. The van der Waals surface area contributed by atoms with E-state index in [-0.39, 0.29) is 0 Å². The van der Waals surface area contributed by atoms with E-state index in [0.717, 1.165) is 18.8 Å². The van der Waals surface area contributed by atoms with E-state index in [4.69, 9.17) is 4.74 Å². The predicted octanol–water partition coefficient (Wildman–Crippen LogP) is 4.14. The van der Waals surface area contributed by atoms with Crippen molar-refractivity contribution in [1.29, 1.82) is 0 Å². The van der Waals surface area contributed by atoms with Crippen LogP contribution in [0.2, 0.25) is 0 Å². The van der Waals surface area contributed by atoms with E-state index in [1.54, 1.807) is 0 Å². The molecule has 0 saturated heterocycles. The highest BCUT2D eigenvalue weighted by molar-refractivity contribution is 5.65. The largest absolute Gasteiger partial charge is 0.489 e. The molecule has 0 N–H and O–H groups in total. The Balaban J connectivity index is 2.00. The lowest BCUT2D eigenvalue weighted by Gasteiger charge is -1.99. The quantitative estimate of drug-likeness (QED) is 0.667. The van der Waals surface area contributed by atoms with Crippen LogP contribution in [0.25, 0.3) is 5.76 Å². The fraction of sp³-hybridized carbons (Fsp3) is 0.429. The number of hydrogen-bond donors (Lipinski definition) is 0. The lowest BCUT2D eigenvalue weighted by atomic mass is 10.1. The highest BCUT2D eigenvalue weighted by atomic mass is 16.5. The maximum absolute atomic E-state index is 5.66. The van der Waals surface area contributed by atoms with E-state index >= 15 is 0 Å². The van der Waals surface area contributed by atoms with Gasteiger partial charge in [-0.2, -0.15) is 0 Å². The molecule has 80 valence electrons. The van der Waals surface area contributed by atoms with Gasteiger partial charge in [0, 0.05) is 11.1 Å². The number of allylic oxidation sites excluding steroid dienone is 1. The molecular formula is C14H18O. The predicted molar refractivity (Wildman–Crippen MR) is 63.4 cm³/mol. The van der Waals surface area contributed by atoms with Gasteiger partial charge in [0.2, 0.25) is 0 Å². The summed E-state index contributed by atoms with van der Waals surface area (Å²) in [5.41, 5.74) is 2.60. The van der Waals surface area contributed by atoms with Crippen molar-refractivity contribution in [2.45, 2.75) is 39.2 Å². The third-order valence-corrected chi connectivity index (χ3v) is 2.80. The first-order valence-electron chi connectivity index (χ1n) is 5.83. The summed E-state index contributed by atoms with van der Waals surface area (Å²) in [7, 11) is 0. The molecule has 0 atom stereocenters. The SMILES string of the molecule is CCCCC/C=C1/OCc2ccccc21. The number of rotatable bonds is 4. The van der Waals surface area contributed by atoms with Crippen LogP contribution in [0.3, 0.4) is 0 Å². The number of benzene rings is 1. The van der Waals surface area contributed by atoms with Crippen molar-refractivity contribution in [2.75, 3.05) is 0 Å². The molecule has 2 rings (SSSR count). The molecule has 1 nitrogen and oxygen atoms in total. The zero-order valence-electron chi connectivity index (χ0n) is 9.33. The van der Waals surface area contributed by atoms with E-state index in [1.165, 1.54) is 30.4 Å². The Labute approximate surface area is 91.8 Å². The van der Waals surface area contributed by atoms with Gasteiger partial charge in [-0.1, -0.05) is 44.0 Å². The third kappa shape index (κ3) is 2.41.